The van der Waals surface area contributed by atoms with Gasteiger partial charge in [-0.25, -0.2) is 0 Å². The molecule has 0 aliphatic carbocycles. The fourth-order valence-electron chi connectivity index (χ4n) is 2.69. The minimum absolute atomic E-state index is 0.419. The van der Waals surface area contributed by atoms with Crippen molar-refractivity contribution in [2.45, 2.75) is 25.3 Å². The molecule has 0 amide bonds. The lowest BCUT2D eigenvalue weighted by Gasteiger charge is -2.15. The predicted octanol–water partition coefficient (Wildman–Crippen LogP) is 4.34. The average Bonchev–Trinajstić information content (AvgIpc) is 3.08. The third-order valence-electron chi connectivity index (χ3n) is 3.81. The van der Waals surface area contributed by atoms with E-state index >= 15 is 0 Å². The SMILES string of the molecule is CNC(CCc1ccc2c(c1)CCO2)c1csc(Br)c1. The monoisotopic (exact) mass is 351 g/mol. The molecule has 1 aliphatic heterocycles. The average molecular weight is 352 g/mol. The second-order valence-electron chi connectivity index (χ2n) is 5.10. The van der Waals surface area contributed by atoms with Crippen molar-refractivity contribution < 1.29 is 4.74 Å². The lowest BCUT2D eigenvalue weighted by atomic mass is 9.99. The summed E-state index contributed by atoms with van der Waals surface area (Å²) in [7, 11) is 2.03. The van der Waals surface area contributed by atoms with Crippen LogP contribution in [0.2, 0.25) is 0 Å². The van der Waals surface area contributed by atoms with Gasteiger partial charge in [-0.3, -0.25) is 0 Å². The maximum absolute atomic E-state index is 5.56. The first-order chi connectivity index (χ1) is 9.76. The van der Waals surface area contributed by atoms with E-state index in [2.05, 4.69) is 50.9 Å². The van der Waals surface area contributed by atoms with Crippen LogP contribution < -0.4 is 10.1 Å². The highest BCUT2D eigenvalue weighted by atomic mass is 79.9. The van der Waals surface area contributed by atoms with Gasteiger partial charge in [0, 0.05) is 12.5 Å². The van der Waals surface area contributed by atoms with Crippen molar-refractivity contribution >= 4 is 27.3 Å². The molecule has 20 heavy (non-hydrogen) atoms. The Balaban J connectivity index is 1.66. The van der Waals surface area contributed by atoms with E-state index in [0.717, 1.165) is 31.6 Å². The highest BCUT2D eigenvalue weighted by Crippen LogP contribution is 2.29. The van der Waals surface area contributed by atoms with Gasteiger partial charge in [-0.1, -0.05) is 12.1 Å². The fourth-order valence-corrected chi connectivity index (χ4v) is 3.92. The summed E-state index contributed by atoms with van der Waals surface area (Å²) in [4.78, 5) is 0. The van der Waals surface area contributed by atoms with Crippen molar-refractivity contribution in [3.8, 4) is 5.75 Å². The molecule has 1 N–H and O–H groups in total. The van der Waals surface area contributed by atoms with Crippen molar-refractivity contribution in [2.24, 2.45) is 0 Å². The standard InChI is InChI=1S/C16H18BrNOS/c1-18-14(13-9-16(17)20-10-13)4-2-11-3-5-15-12(8-11)6-7-19-15/h3,5,8-10,14,18H,2,4,6-7H2,1H3. The summed E-state index contributed by atoms with van der Waals surface area (Å²) in [6, 6.07) is 9.25. The van der Waals surface area contributed by atoms with E-state index in [1.807, 2.05) is 7.05 Å². The minimum Gasteiger partial charge on any atom is -0.493 e. The number of fused-ring (bicyclic) bond motifs is 1. The smallest absolute Gasteiger partial charge is 0.122 e. The lowest BCUT2D eigenvalue weighted by Crippen LogP contribution is -2.16. The van der Waals surface area contributed by atoms with E-state index in [-0.39, 0.29) is 0 Å². The number of benzene rings is 1. The molecular weight excluding hydrogens is 334 g/mol. The molecule has 0 saturated carbocycles. The summed E-state index contributed by atoms with van der Waals surface area (Å²) >= 11 is 5.28. The summed E-state index contributed by atoms with van der Waals surface area (Å²) in [6.45, 7) is 0.834. The molecule has 2 aromatic rings. The number of aryl methyl sites for hydroxylation is 1. The molecule has 0 fully saturated rings. The Labute approximate surface area is 132 Å². The van der Waals surface area contributed by atoms with Crippen molar-refractivity contribution in [3.63, 3.8) is 0 Å². The molecule has 1 aromatic heterocycles. The van der Waals surface area contributed by atoms with Gasteiger partial charge in [-0.15, -0.1) is 11.3 Å². The highest BCUT2D eigenvalue weighted by Gasteiger charge is 2.14. The lowest BCUT2D eigenvalue weighted by molar-refractivity contribution is 0.357. The van der Waals surface area contributed by atoms with Crippen LogP contribution >= 0.6 is 27.3 Å². The van der Waals surface area contributed by atoms with Crippen LogP contribution in [0, 0.1) is 0 Å². The molecule has 2 nitrogen and oxygen atoms in total. The molecule has 4 heteroatoms. The number of hydrogen-bond donors (Lipinski definition) is 1. The zero-order valence-corrected chi connectivity index (χ0v) is 13.9. The second-order valence-corrected chi connectivity index (χ2v) is 7.40. The molecule has 3 rings (SSSR count). The maximum Gasteiger partial charge on any atom is 0.122 e. The van der Waals surface area contributed by atoms with E-state index in [4.69, 9.17) is 4.74 Å². The first kappa shape index (κ1) is 14.1. The minimum atomic E-state index is 0.419. The quantitative estimate of drug-likeness (QED) is 0.864. The molecule has 1 aliphatic rings. The molecule has 0 radical (unpaired) electrons. The summed E-state index contributed by atoms with van der Waals surface area (Å²) < 4.78 is 6.75. The topological polar surface area (TPSA) is 21.3 Å². The zero-order chi connectivity index (χ0) is 13.9. The first-order valence-electron chi connectivity index (χ1n) is 6.92. The van der Waals surface area contributed by atoms with Crippen LogP contribution in [0.25, 0.3) is 0 Å². The number of thiophene rings is 1. The van der Waals surface area contributed by atoms with Gasteiger partial charge in [0.05, 0.1) is 10.4 Å². The molecule has 106 valence electrons. The summed E-state index contributed by atoms with van der Waals surface area (Å²) in [5, 5.41) is 5.64. The Kier molecular flexibility index (Phi) is 4.44. The molecular formula is C16H18BrNOS. The fraction of sp³-hybridized carbons (Fsp3) is 0.375. The molecule has 1 atom stereocenters. The van der Waals surface area contributed by atoms with Crippen LogP contribution in [0.15, 0.2) is 33.4 Å². The van der Waals surface area contributed by atoms with Gasteiger partial charge >= 0.3 is 0 Å². The van der Waals surface area contributed by atoms with Gasteiger partial charge < -0.3 is 10.1 Å². The van der Waals surface area contributed by atoms with Gasteiger partial charge in [0.15, 0.2) is 0 Å². The number of halogens is 1. The van der Waals surface area contributed by atoms with Crippen LogP contribution in [-0.2, 0) is 12.8 Å². The van der Waals surface area contributed by atoms with Crippen molar-refractivity contribution in [1.82, 2.24) is 5.32 Å². The van der Waals surface area contributed by atoms with Crippen molar-refractivity contribution in [1.29, 1.82) is 0 Å². The van der Waals surface area contributed by atoms with E-state index in [1.54, 1.807) is 11.3 Å². The third kappa shape index (κ3) is 3.08. The van der Waals surface area contributed by atoms with Gasteiger partial charge in [0.25, 0.3) is 0 Å². The Morgan fingerprint density at radius 3 is 3.05 bits per heavy atom. The van der Waals surface area contributed by atoms with Crippen LogP contribution in [0.3, 0.4) is 0 Å². The Morgan fingerprint density at radius 2 is 2.30 bits per heavy atom. The Bertz CT molecular complexity index is 596. The zero-order valence-electron chi connectivity index (χ0n) is 11.5. The van der Waals surface area contributed by atoms with E-state index in [1.165, 1.54) is 20.5 Å². The molecule has 0 spiro atoms. The van der Waals surface area contributed by atoms with E-state index in [9.17, 15) is 0 Å². The highest BCUT2D eigenvalue weighted by molar-refractivity contribution is 9.11. The third-order valence-corrected chi connectivity index (χ3v) is 5.34. The Morgan fingerprint density at radius 1 is 1.40 bits per heavy atom. The van der Waals surface area contributed by atoms with Crippen LogP contribution in [0.4, 0.5) is 0 Å². The number of hydrogen-bond acceptors (Lipinski definition) is 3. The number of rotatable bonds is 5. The second kappa shape index (κ2) is 6.29. The number of ether oxygens (including phenoxy) is 1. The summed E-state index contributed by atoms with van der Waals surface area (Å²) in [6.07, 6.45) is 3.25. The van der Waals surface area contributed by atoms with E-state index < -0.39 is 0 Å². The Hall–Kier alpha value is -0.840. The van der Waals surface area contributed by atoms with Gasteiger partial charge in [0.2, 0.25) is 0 Å². The largest absolute Gasteiger partial charge is 0.493 e. The van der Waals surface area contributed by atoms with Gasteiger partial charge in [0.1, 0.15) is 5.75 Å². The summed E-state index contributed by atoms with van der Waals surface area (Å²) in [5.41, 5.74) is 4.14. The van der Waals surface area contributed by atoms with Crippen molar-refractivity contribution in [3.05, 3.63) is 50.1 Å². The van der Waals surface area contributed by atoms with Crippen LogP contribution in [0.1, 0.15) is 29.2 Å². The van der Waals surface area contributed by atoms with Crippen LogP contribution in [-0.4, -0.2) is 13.7 Å². The van der Waals surface area contributed by atoms with Gasteiger partial charge in [-0.05, 0) is 70.0 Å². The molecule has 0 bridgehead atoms. The van der Waals surface area contributed by atoms with E-state index in [0.29, 0.717) is 6.04 Å². The van der Waals surface area contributed by atoms with Crippen molar-refractivity contribution in [2.75, 3.05) is 13.7 Å². The van der Waals surface area contributed by atoms with Gasteiger partial charge in [-0.2, -0.15) is 0 Å². The predicted molar refractivity (Wildman–Crippen MR) is 87.8 cm³/mol. The molecule has 1 unspecified atom stereocenters. The molecule has 2 heterocycles. The maximum atomic E-state index is 5.56. The number of nitrogens with one attached hydrogen (secondary N) is 1. The first-order valence-corrected chi connectivity index (χ1v) is 8.59. The molecule has 1 aromatic carbocycles. The van der Waals surface area contributed by atoms with Crippen LogP contribution in [0.5, 0.6) is 5.75 Å². The molecule has 0 saturated heterocycles. The normalized spacial score (nSPS) is 14.9. The summed E-state index contributed by atoms with van der Waals surface area (Å²) in [5.74, 6) is 1.07.